The third kappa shape index (κ3) is 5.88. The van der Waals surface area contributed by atoms with Gasteiger partial charge in [0.25, 0.3) is 5.91 Å². The molecule has 0 bridgehead atoms. The van der Waals surface area contributed by atoms with Gasteiger partial charge in [0.1, 0.15) is 0 Å². The van der Waals surface area contributed by atoms with E-state index in [4.69, 9.17) is 10.5 Å². The van der Waals surface area contributed by atoms with Gasteiger partial charge in [-0.25, -0.2) is 9.69 Å². The fourth-order valence-electron chi connectivity index (χ4n) is 3.60. The van der Waals surface area contributed by atoms with Crippen LogP contribution < -0.4 is 16.0 Å². The molecule has 1 saturated heterocycles. The number of nitrogens with one attached hydrogen (secondary N) is 1. The highest BCUT2D eigenvalue weighted by Gasteiger charge is 2.40. The van der Waals surface area contributed by atoms with Gasteiger partial charge in [0.2, 0.25) is 11.8 Å². The minimum Gasteiger partial charge on any atom is -0.452 e. The maximum Gasteiger partial charge on any atom is 0.338 e. The van der Waals surface area contributed by atoms with Crippen LogP contribution in [-0.2, 0) is 19.1 Å². The Bertz CT molecular complexity index is 1290. The number of esters is 1. The largest absolute Gasteiger partial charge is 0.452 e. The van der Waals surface area contributed by atoms with Crippen molar-refractivity contribution in [2.45, 2.75) is 23.5 Å². The van der Waals surface area contributed by atoms with E-state index in [1.807, 2.05) is 25.1 Å². The Morgan fingerprint density at radius 2 is 1.80 bits per heavy atom. The molecule has 0 saturated carbocycles. The van der Waals surface area contributed by atoms with E-state index in [9.17, 15) is 19.2 Å². The Labute approximate surface area is 206 Å². The Balaban J connectivity index is 1.34. The highest BCUT2D eigenvalue weighted by atomic mass is 32.2. The molecule has 1 fully saturated rings. The lowest BCUT2D eigenvalue weighted by Crippen LogP contribution is -2.31. The van der Waals surface area contributed by atoms with Gasteiger partial charge in [0, 0.05) is 22.7 Å². The zero-order chi connectivity index (χ0) is 24.9. The van der Waals surface area contributed by atoms with Crippen molar-refractivity contribution < 1.29 is 23.9 Å². The molecule has 9 heteroatoms. The fourth-order valence-corrected chi connectivity index (χ4v) is 4.72. The first kappa shape index (κ1) is 24.0. The Kier molecular flexibility index (Phi) is 7.17. The number of rotatable bonds is 7. The summed E-state index contributed by atoms with van der Waals surface area (Å²) in [6.45, 7) is 1.46. The average molecular weight is 490 g/mol. The molecule has 3 aromatic carbocycles. The van der Waals surface area contributed by atoms with Crippen LogP contribution in [0.25, 0.3) is 0 Å². The maximum atomic E-state index is 12.9. The average Bonchev–Trinajstić information content (AvgIpc) is 3.10. The first-order valence-corrected chi connectivity index (χ1v) is 11.7. The van der Waals surface area contributed by atoms with Crippen molar-refractivity contribution in [3.05, 3.63) is 83.9 Å². The second-order valence-electron chi connectivity index (χ2n) is 7.99. The zero-order valence-electron chi connectivity index (χ0n) is 18.9. The standard InChI is InChI=1S/C26H23N3O5S/c1-16-4-2-6-19(12-16)28-23(30)15-34-26(33)17-8-10-20(11-9-17)29-24(31)14-22(25(29)32)35-21-7-3-5-18(27)13-21/h2-13,22H,14-15,27H2,1H3,(H,28,30). The van der Waals surface area contributed by atoms with Gasteiger partial charge in [0.15, 0.2) is 6.61 Å². The summed E-state index contributed by atoms with van der Waals surface area (Å²) in [5, 5.41) is 2.11. The first-order valence-electron chi connectivity index (χ1n) is 10.8. The number of carbonyl (C=O) groups is 4. The van der Waals surface area contributed by atoms with Gasteiger partial charge < -0.3 is 15.8 Å². The number of hydrogen-bond donors (Lipinski definition) is 2. The molecule has 3 amide bonds. The highest BCUT2D eigenvalue weighted by molar-refractivity contribution is 8.00. The number of hydrogen-bond acceptors (Lipinski definition) is 7. The minimum atomic E-state index is -0.690. The summed E-state index contributed by atoms with van der Waals surface area (Å²) < 4.78 is 5.08. The van der Waals surface area contributed by atoms with Gasteiger partial charge in [-0.1, -0.05) is 18.2 Å². The molecule has 1 heterocycles. The SMILES string of the molecule is Cc1cccc(NC(=O)COC(=O)c2ccc(N3C(=O)CC(Sc4cccc(N)c4)C3=O)cc2)c1. The highest BCUT2D eigenvalue weighted by Crippen LogP contribution is 2.34. The molecule has 35 heavy (non-hydrogen) atoms. The Morgan fingerprint density at radius 1 is 1.06 bits per heavy atom. The van der Waals surface area contributed by atoms with E-state index >= 15 is 0 Å². The molecule has 0 aromatic heterocycles. The van der Waals surface area contributed by atoms with E-state index in [0.717, 1.165) is 15.4 Å². The number of ether oxygens (including phenoxy) is 1. The molecule has 1 aliphatic heterocycles. The van der Waals surface area contributed by atoms with E-state index in [1.165, 1.54) is 36.0 Å². The predicted molar refractivity (Wildman–Crippen MR) is 134 cm³/mol. The summed E-state index contributed by atoms with van der Waals surface area (Å²) in [5.41, 5.74) is 8.54. The number of carbonyl (C=O) groups excluding carboxylic acids is 4. The molecular weight excluding hydrogens is 466 g/mol. The lowest BCUT2D eigenvalue weighted by atomic mass is 10.2. The number of nitrogens with two attached hydrogens (primary N) is 1. The topological polar surface area (TPSA) is 119 Å². The lowest BCUT2D eigenvalue weighted by Gasteiger charge is -2.15. The smallest absolute Gasteiger partial charge is 0.338 e. The second-order valence-corrected chi connectivity index (χ2v) is 9.27. The molecule has 8 nitrogen and oxygen atoms in total. The normalized spacial score (nSPS) is 15.2. The van der Waals surface area contributed by atoms with Crippen LogP contribution in [0.1, 0.15) is 22.3 Å². The molecule has 178 valence electrons. The van der Waals surface area contributed by atoms with E-state index in [2.05, 4.69) is 5.32 Å². The number of anilines is 3. The quantitative estimate of drug-likeness (QED) is 0.294. The van der Waals surface area contributed by atoms with Gasteiger partial charge in [-0.15, -0.1) is 11.8 Å². The van der Waals surface area contributed by atoms with Gasteiger partial charge in [0.05, 0.1) is 16.5 Å². The minimum absolute atomic E-state index is 0.0676. The monoisotopic (exact) mass is 489 g/mol. The second kappa shape index (κ2) is 10.4. The fraction of sp³-hybridized carbons (Fsp3) is 0.154. The third-order valence-electron chi connectivity index (χ3n) is 5.24. The number of aryl methyl sites for hydroxylation is 1. The van der Waals surface area contributed by atoms with Crippen LogP contribution in [0.15, 0.2) is 77.7 Å². The van der Waals surface area contributed by atoms with Gasteiger partial charge in [-0.05, 0) is 67.1 Å². The van der Waals surface area contributed by atoms with Crippen molar-refractivity contribution in [2.24, 2.45) is 0 Å². The van der Waals surface area contributed by atoms with Crippen molar-refractivity contribution in [1.29, 1.82) is 0 Å². The molecule has 0 radical (unpaired) electrons. The van der Waals surface area contributed by atoms with Crippen LogP contribution in [0.3, 0.4) is 0 Å². The van der Waals surface area contributed by atoms with Crippen LogP contribution in [0.5, 0.6) is 0 Å². The maximum absolute atomic E-state index is 12.9. The van der Waals surface area contributed by atoms with E-state index < -0.39 is 23.7 Å². The third-order valence-corrected chi connectivity index (χ3v) is 6.42. The summed E-state index contributed by atoms with van der Waals surface area (Å²) in [7, 11) is 0. The van der Waals surface area contributed by atoms with Crippen molar-refractivity contribution in [3.63, 3.8) is 0 Å². The molecule has 3 N–H and O–H groups in total. The van der Waals surface area contributed by atoms with Crippen molar-refractivity contribution in [2.75, 3.05) is 22.6 Å². The van der Waals surface area contributed by atoms with Gasteiger partial charge >= 0.3 is 5.97 Å². The summed E-state index contributed by atoms with van der Waals surface area (Å²) in [5.74, 6) is -1.80. The zero-order valence-corrected chi connectivity index (χ0v) is 19.7. The summed E-state index contributed by atoms with van der Waals surface area (Å²) in [6.07, 6.45) is 0.0676. The number of imide groups is 1. The number of amides is 3. The van der Waals surface area contributed by atoms with Crippen molar-refractivity contribution in [3.8, 4) is 0 Å². The van der Waals surface area contributed by atoms with Gasteiger partial charge in [-0.3, -0.25) is 14.4 Å². The van der Waals surface area contributed by atoms with Crippen LogP contribution in [0.4, 0.5) is 17.1 Å². The van der Waals surface area contributed by atoms with Crippen LogP contribution >= 0.6 is 11.8 Å². The van der Waals surface area contributed by atoms with Crippen LogP contribution in [0, 0.1) is 6.92 Å². The Morgan fingerprint density at radius 3 is 2.51 bits per heavy atom. The molecule has 0 spiro atoms. The lowest BCUT2D eigenvalue weighted by molar-refractivity contribution is -0.121. The molecule has 0 aliphatic carbocycles. The molecule has 1 unspecified atom stereocenters. The molecule has 1 atom stereocenters. The number of nitrogens with zero attached hydrogens (tertiary/aromatic N) is 1. The molecule has 3 aromatic rings. The number of thioether (sulfide) groups is 1. The number of benzene rings is 3. The van der Waals surface area contributed by atoms with Crippen LogP contribution in [0.2, 0.25) is 0 Å². The predicted octanol–water partition coefficient (Wildman–Crippen LogP) is 3.80. The molecule has 1 aliphatic rings. The van der Waals surface area contributed by atoms with Gasteiger partial charge in [-0.2, -0.15) is 0 Å². The van der Waals surface area contributed by atoms with E-state index in [-0.39, 0.29) is 23.8 Å². The van der Waals surface area contributed by atoms with Crippen molar-refractivity contribution >= 4 is 52.5 Å². The summed E-state index contributed by atoms with van der Waals surface area (Å²) >= 11 is 1.29. The number of nitrogen functional groups attached to an aromatic ring is 1. The molecular formula is C26H23N3O5S. The Hall–Kier alpha value is -4.11. The first-order chi connectivity index (χ1) is 16.8. The van der Waals surface area contributed by atoms with E-state index in [1.54, 1.807) is 30.3 Å². The molecule has 4 rings (SSSR count). The van der Waals surface area contributed by atoms with E-state index in [0.29, 0.717) is 17.1 Å². The van der Waals surface area contributed by atoms with Crippen molar-refractivity contribution in [1.82, 2.24) is 0 Å². The summed E-state index contributed by atoms with van der Waals surface area (Å²) in [6, 6.07) is 20.3. The van der Waals surface area contributed by atoms with Crippen LogP contribution in [-0.4, -0.2) is 35.5 Å². The summed E-state index contributed by atoms with van der Waals surface area (Å²) in [4.78, 5) is 51.8.